The van der Waals surface area contributed by atoms with E-state index in [0.717, 1.165) is 22.2 Å². The molecule has 1 N–H and O–H groups in total. The molecule has 0 saturated carbocycles. The van der Waals surface area contributed by atoms with E-state index in [1.807, 2.05) is 0 Å². The number of nitrogens with zero attached hydrogens (tertiary/aromatic N) is 1. The Bertz CT molecular complexity index is 1330. The molecule has 3 amide bonds. The number of imide groups is 1. The minimum Gasteiger partial charge on any atom is -0.488 e. The summed E-state index contributed by atoms with van der Waals surface area (Å²) >= 11 is 18.8. The van der Waals surface area contributed by atoms with Crippen LogP contribution in [-0.4, -0.2) is 28.5 Å². The van der Waals surface area contributed by atoms with E-state index in [0.29, 0.717) is 32.1 Å². The molecule has 0 unspecified atom stereocenters. The lowest BCUT2D eigenvalue weighted by Crippen LogP contribution is -2.36. The fraction of sp³-hybridized carbons (Fsp3) is 0.0800. The number of hydrogen-bond acceptors (Lipinski definition) is 5. The number of carbonyl (C=O) groups excluding carboxylic acids is 3. The molecule has 178 valence electrons. The molecule has 3 aromatic rings. The van der Waals surface area contributed by atoms with Gasteiger partial charge in [0.2, 0.25) is 5.91 Å². The Hall–Kier alpha value is -2.97. The van der Waals surface area contributed by atoms with Crippen molar-refractivity contribution in [1.82, 2.24) is 4.90 Å². The number of hydrogen-bond donors (Lipinski definition) is 1. The molecule has 0 atom stereocenters. The predicted molar refractivity (Wildman–Crippen MR) is 140 cm³/mol. The smallest absolute Gasteiger partial charge is 0.294 e. The lowest BCUT2D eigenvalue weighted by atomic mass is 10.1. The van der Waals surface area contributed by atoms with Crippen LogP contribution in [0.5, 0.6) is 5.75 Å². The number of ether oxygens (including phenoxy) is 1. The summed E-state index contributed by atoms with van der Waals surface area (Å²) in [5, 5.41) is 3.64. The van der Waals surface area contributed by atoms with Gasteiger partial charge in [0.25, 0.3) is 11.1 Å². The highest BCUT2D eigenvalue weighted by atomic mass is 35.5. The number of nitrogens with one attached hydrogen (secondary N) is 1. The van der Waals surface area contributed by atoms with Crippen LogP contribution in [-0.2, 0) is 16.2 Å². The largest absolute Gasteiger partial charge is 0.488 e. The number of halogens is 3. The highest BCUT2D eigenvalue weighted by molar-refractivity contribution is 8.18. The Morgan fingerprint density at radius 2 is 1.69 bits per heavy atom. The summed E-state index contributed by atoms with van der Waals surface area (Å²) in [5.41, 5.74) is 1.86. The van der Waals surface area contributed by atoms with E-state index in [2.05, 4.69) is 5.32 Å². The zero-order chi connectivity index (χ0) is 24.9. The van der Waals surface area contributed by atoms with Crippen molar-refractivity contribution >= 4 is 75.4 Å². The molecular weight excluding hydrogens is 531 g/mol. The second-order valence-corrected chi connectivity index (χ2v) is 9.66. The van der Waals surface area contributed by atoms with Crippen molar-refractivity contribution in [3.05, 3.63) is 97.8 Å². The molecule has 1 aliphatic rings. The first-order valence-corrected chi connectivity index (χ1v) is 12.2. The molecule has 1 heterocycles. The highest BCUT2D eigenvalue weighted by Crippen LogP contribution is 2.34. The van der Waals surface area contributed by atoms with Crippen molar-refractivity contribution in [2.24, 2.45) is 0 Å². The maximum absolute atomic E-state index is 12.9. The van der Waals surface area contributed by atoms with Crippen molar-refractivity contribution < 1.29 is 19.1 Å². The molecule has 0 spiro atoms. The summed E-state index contributed by atoms with van der Waals surface area (Å²) in [5.74, 6) is -0.549. The van der Waals surface area contributed by atoms with Crippen molar-refractivity contribution in [3.63, 3.8) is 0 Å². The van der Waals surface area contributed by atoms with Crippen LogP contribution in [0, 0.1) is 0 Å². The summed E-state index contributed by atoms with van der Waals surface area (Å²) in [4.78, 5) is 38.8. The first-order valence-electron chi connectivity index (χ1n) is 10.3. The van der Waals surface area contributed by atoms with Crippen molar-refractivity contribution in [1.29, 1.82) is 0 Å². The molecule has 4 rings (SSSR count). The molecule has 35 heavy (non-hydrogen) atoms. The number of para-hydroxylation sites is 1. The van der Waals surface area contributed by atoms with Gasteiger partial charge in [-0.15, -0.1) is 0 Å². The molecule has 10 heteroatoms. The molecule has 0 aliphatic carbocycles. The fourth-order valence-electron chi connectivity index (χ4n) is 3.18. The summed E-state index contributed by atoms with van der Waals surface area (Å²) in [6, 6.07) is 18.7. The monoisotopic (exact) mass is 546 g/mol. The third-order valence-electron chi connectivity index (χ3n) is 4.91. The topological polar surface area (TPSA) is 75.7 Å². The van der Waals surface area contributed by atoms with Gasteiger partial charge >= 0.3 is 0 Å². The van der Waals surface area contributed by atoms with Gasteiger partial charge in [-0.1, -0.05) is 59.1 Å². The van der Waals surface area contributed by atoms with Gasteiger partial charge in [0.05, 0.1) is 4.91 Å². The average molecular weight is 548 g/mol. The molecule has 0 aromatic heterocycles. The quantitative estimate of drug-likeness (QED) is 0.326. The van der Waals surface area contributed by atoms with Crippen molar-refractivity contribution in [2.75, 3.05) is 11.9 Å². The number of rotatable bonds is 7. The highest BCUT2D eigenvalue weighted by Gasteiger charge is 2.36. The molecule has 1 aliphatic heterocycles. The SMILES string of the molecule is O=C(CN1C(=O)S/C(=C/c2ccccc2OCc2ccc(Cl)cc2Cl)C1=O)Nc1ccc(Cl)cc1. The molecule has 3 aromatic carbocycles. The van der Waals surface area contributed by atoms with Crippen LogP contribution < -0.4 is 10.1 Å². The van der Waals surface area contributed by atoms with E-state index >= 15 is 0 Å². The number of amides is 3. The Morgan fingerprint density at radius 3 is 2.43 bits per heavy atom. The minimum atomic E-state index is -0.554. The predicted octanol–water partition coefficient (Wildman–Crippen LogP) is 6.90. The number of thioether (sulfide) groups is 1. The fourth-order valence-corrected chi connectivity index (χ4v) is 4.60. The summed E-state index contributed by atoms with van der Waals surface area (Å²) in [7, 11) is 0. The van der Waals surface area contributed by atoms with Gasteiger partial charge in [-0.2, -0.15) is 0 Å². The van der Waals surface area contributed by atoms with Crippen LogP contribution in [0.4, 0.5) is 10.5 Å². The number of benzene rings is 3. The van der Waals surface area contributed by atoms with Crippen LogP contribution in [0.25, 0.3) is 6.08 Å². The standard InChI is InChI=1S/C25H17Cl3N2O4S/c26-17-7-9-19(10-8-17)29-23(31)13-30-24(32)22(35-25(30)33)11-15-3-1-2-4-21(15)34-14-16-5-6-18(27)12-20(16)28/h1-12H,13-14H2,(H,29,31)/b22-11+. The molecule has 0 radical (unpaired) electrons. The van der Waals surface area contributed by atoms with Crippen molar-refractivity contribution in [3.8, 4) is 5.75 Å². The Kier molecular flexibility index (Phi) is 8.03. The van der Waals surface area contributed by atoms with Crippen LogP contribution in [0.2, 0.25) is 15.1 Å². The zero-order valence-electron chi connectivity index (χ0n) is 18.0. The van der Waals surface area contributed by atoms with Crippen molar-refractivity contribution in [2.45, 2.75) is 6.61 Å². The lowest BCUT2D eigenvalue weighted by molar-refractivity contribution is -0.127. The van der Waals surface area contributed by atoms with Gasteiger partial charge in [0.15, 0.2) is 0 Å². The Labute approximate surface area is 220 Å². The Morgan fingerprint density at radius 1 is 0.971 bits per heavy atom. The second kappa shape index (κ2) is 11.2. The van der Waals surface area contributed by atoms with Gasteiger partial charge in [-0.25, -0.2) is 0 Å². The van der Waals surface area contributed by atoms with E-state index in [1.165, 1.54) is 0 Å². The normalized spacial score (nSPS) is 14.5. The van der Waals surface area contributed by atoms with Crippen LogP contribution in [0.15, 0.2) is 71.6 Å². The number of carbonyl (C=O) groups is 3. The molecular formula is C25H17Cl3N2O4S. The molecule has 1 saturated heterocycles. The van der Waals surface area contributed by atoms with E-state index in [1.54, 1.807) is 72.8 Å². The first-order chi connectivity index (χ1) is 16.8. The Balaban J connectivity index is 1.45. The third kappa shape index (κ3) is 6.38. The van der Waals surface area contributed by atoms with Crippen LogP contribution in [0.1, 0.15) is 11.1 Å². The van der Waals surface area contributed by atoms with Gasteiger partial charge in [-0.05, 0) is 60.3 Å². The first kappa shape index (κ1) is 25.1. The summed E-state index contributed by atoms with van der Waals surface area (Å²) in [6.07, 6.45) is 1.57. The molecule has 0 bridgehead atoms. The number of anilines is 1. The van der Waals surface area contributed by atoms with E-state index in [-0.39, 0.29) is 11.5 Å². The van der Waals surface area contributed by atoms with Crippen LogP contribution >= 0.6 is 46.6 Å². The maximum Gasteiger partial charge on any atom is 0.294 e. The van der Waals surface area contributed by atoms with Crippen LogP contribution in [0.3, 0.4) is 0 Å². The third-order valence-corrected chi connectivity index (χ3v) is 6.65. The maximum atomic E-state index is 12.9. The average Bonchev–Trinajstić information content (AvgIpc) is 3.08. The lowest BCUT2D eigenvalue weighted by Gasteiger charge is -2.13. The van der Waals surface area contributed by atoms with E-state index in [4.69, 9.17) is 39.5 Å². The van der Waals surface area contributed by atoms with Gasteiger partial charge < -0.3 is 10.1 Å². The van der Waals surface area contributed by atoms with E-state index < -0.39 is 23.6 Å². The zero-order valence-corrected chi connectivity index (χ0v) is 21.0. The van der Waals surface area contributed by atoms with Gasteiger partial charge in [-0.3, -0.25) is 19.3 Å². The van der Waals surface area contributed by atoms with E-state index in [9.17, 15) is 14.4 Å². The summed E-state index contributed by atoms with van der Waals surface area (Å²) in [6.45, 7) is -0.217. The molecule has 1 fully saturated rings. The summed E-state index contributed by atoms with van der Waals surface area (Å²) < 4.78 is 5.92. The minimum absolute atomic E-state index is 0.188. The van der Waals surface area contributed by atoms with Gasteiger partial charge in [0, 0.05) is 31.9 Å². The second-order valence-electron chi connectivity index (χ2n) is 7.39. The molecule has 6 nitrogen and oxygen atoms in total. The van der Waals surface area contributed by atoms with Gasteiger partial charge in [0.1, 0.15) is 18.9 Å².